The van der Waals surface area contributed by atoms with Crippen LogP contribution in [-0.2, 0) is 16.0 Å². The van der Waals surface area contributed by atoms with Crippen LogP contribution in [0, 0.1) is 5.41 Å². The van der Waals surface area contributed by atoms with E-state index in [1.165, 1.54) is 4.90 Å². The van der Waals surface area contributed by atoms with E-state index < -0.39 is 23.1 Å². The summed E-state index contributed by atoms with van der Waals surface area (Å²) in [5, 5.41) is 10.0. The van der Waals surface area contributed by atoms with Gasteiger partial charge in [-0.3, -0.25) is 4.79 Å². The van der Waals surface area contributed by atoms with E-state index in [1.807, 2.05) is 48.5 Å². The molecule has 3 rings (SSSR count). The molecule has 0 spiro atoms. The standard InChI is InChI=1S/C24H29NO5/c1-23(2,3)30-22(28)25-13-12-24(16-25,21(26)27)15-17-8-7-9-18(14-17)19-10-5-6-11-20(19)29-4/h5-11,14H,12-13,15-16H2,1-4H3,(H,26,27). The van der Waals surface area contributed by atoms with Crippen LogP contribution in [-0.4, -0.2) is 47.9 Å². The average molecular weight is 411 g/mol. The number of likely N-dealkylation sites (tertiary alicyclic amines) is 1. The van der Waals surface area contributed by atoms with E-state index >= 15 is 0 Å². The molecule has 2 aromatic rings. The number of nitrogens with zero attached hydrogens (tertiary/aromatic N) is 1. The van der Waals surface area contributed by atoms with Crippen LogP contribution in [0.5, 0.6) is 5.75 Å². The maximum Gasteiger partial charge on any atom is 0.410 e. The fourth-order valence-corrected chi connectivity index (χ4v) is 3.87. The fourth-order valence-electron chi connectivity index (χ4n) is 3.87. The average Bonchev–Trinajstić information content (AvgIpc) is 3.12. The number of ether oxygens (including phenoxy) is 2. The highest BCUT2D eigenvalue weighted by Crippen LogP contribution is 2.37. The van der Waals surface area contributed by atoms with E-state index in [0.717, 1.165) is 22.4 Å². The van der Waals surface area contributed by atoms with E-state index in [9.17, 15) is 14.7 Å². The molecule has 0 aromatic heterocycles. The van der Waals surface area contributed by atoms with Gasteiger partial charge in [-0.25, -0.2) is 4.79 Å². The second kappa shape index (κ2) is 8.38. The van der Waals surface area contributed by atoms with Gasteiger partial charge in [0.2, 0.25) is 0 Å². The van der Waals surface area contributed by atoms with Crippen molar-refractivity contribution < 1.29 is 24.2 Å². The molecule has 1 N–H and O–H groups in total. The van der Waals surface area contributed by atoms with Crippen LogP contribution in [0.2, 0.25) is 0 Å². The summed E-state index contributed by atoms with van der Waals surface area (Å²) in [7, 11) is 1.63. The van der Waals surface area contributed by atoms with Gasteiger partial charge in [0.15, 0.2) is 0 Å². The van der Waals surface area contributed by atoms with E-state index in [0.29, 0.717) is 19.4 Å². The van der Waals surface area contributed by atoms with Crippen molar-refractivity contribution in [3.63, 3.8) is 0 Å². The van der Waals surface area contributed by atoms with E-state index in [-0.39, 0.29) is 6.54 Å². The highest BCUT2D eigenvalue weighted by Gasteiger charge is 2.47. The summed E-state index contributed by atoms with van der Waals surface area (Å²) in [4.78, 5) is 26.2. The maximum atomic E-state index is 12.4. The lowest BCUT2D eigenvalue weighted by Gasteiger charge is -2.27. The minimum Gasteiger partial charge on any atom is -0.496 e. The largest absolute Gasteiger partial charge is 0.496 e. The van der Waals surface area contributed by atoms with Crippen LogP contribution in [0.25, 0.3) is 11.1 Å². The van der Waals surface area contributed by atoms with Crippen LogP contribution < -0.4 is 4.74 Å². The molecule has 1 aliphatic heterocycles. The summed E-state index contributed by atoms with van der Waals surface area (Å²) in [6, 6.07) is 15.6. The Bertz CT molecular complexity index is 933. The van der Waals surface area contributed by atoms with Crippen molar-refractivity contribution in [2.24, 2.45) is 5.41 Å². The van der Waals surface area contributed by atoms with Gasteiger partial charge in [0.25, 0.3) is 0 Å². The van der Waals surface area contributed by atoms with E-state index in [2.05, 4.69) is 0 Å². The van der Waals surface area contributed by atoms with Crippen molar-refractivity contribution in [2.45, 2.75) is 39.2 Å². The number of benzene rings is 2. The monoisotopic (exact) mass is 411 g/mol. The van der Waals surface area contributed by atoms with Crippen LogP contribution in [0.4, 0.5) is 4.79 Å². The Balaban J connectivity index is 1.83. The molecule has 1 aliphatic rings. The number of carbonyl (C=O) groups is 2. The molecule has 1 fully saturated rings. The van der Waals surface area contributed by atoms with Crippen molar-refractivity contribution in [3.8, 4) is 16.9 Å². The molecule has 6 heteroatoms. The van der Waals surface area contributed by atoms with Crippen molar-refractivity contribution in [1.29, 1.82) is 0 Å². The fraction of sp³-hybridized carbons (Fsp3) is 0.417. The predicted octanol–water partition coefficient (Wildman–Crippen LogP) is 4.62. The normalized spacial score (nSPS) is 18.9. The van der Waals surface area contributed by atoms with Crippen LogP contribution in [0.3, 0.4) is 0 Å². The van der Waals surface area contributed by atoms with Gasteiger partial charge in [0, 0.05) is 18.7 Å². The van der Waals surface area contributed by atoms with Gasteiger partial charge in [-0.1, -0.05) is 42.5 Å². The number of hydrogen-bond acceptors (Lipinski definition) is 4. The molecule has 0 bridgehead atoms. The van der Waals surface area contributed by atoms with Crippen LogP contribution >= 0.6 is 0 Å². The van der Waals surface area contributed by atoms with Gasteiger partial charge < -0.3 is 19.5 Å². The lowest BCUT2D eigenvalue weighted by atomic mass is 9.80. The Kier molecular flexibility index (Phi) is 6.06. The quantitative estimate of drug-likeness (QED) is 0.777. The molecule has 0 radical (unpaired) electrons. The zero-order valence-corrected chi connectivity index (χ0v) is 18.0. The molecule has 2 aromatic carbocycles. The lowest BCUT2D eigenvalue weighted by Crippen LogP contribution is -2.40. The summed E-state index contributed by atoms with van der Waals surface area (Å²) >= 11 is 0. The zero-order chi connectivity index (χ0) is 21.9. The molecule has 6 nitrogen and oxygen atoms in total. The van der Waals surface area contributed by atoms with Crippen LogP contribution in [0.15, 0.2) is 48.5 Å². The van der Waals surface area contributed by atoms with Crippen molar-refractivity contribution in [2.75, 3.05) is 20.2 Å². The number of carbonyl (C=O) groups excluding carboxylic acids is 1. The molecular weight excluding hydrogens is 382 g/mol. The molecule has 160 valence electrons. The number of carboxylic acid groups (broad SMARTS) is 1. The van der Waals surface area contributed by atoms with Crippen molar-refractivity contribution in [3.05, 3.63) is 54.1 Å². The van der Waals surface area contributed by atoms with E-state index in [1.54, 1.807) is 27.9 Å². The molecule has 0 saturated carbocycles. The van der Waals surface area contributed by atoms with Crippen molar-refractivity contribution >= 4 is 12.1 Å². The minimum atomic E-state index is -1.03. The Morgan fingerprint density at radius 1 is 1.13 bits per heavy atom. The number of rotatable bonds is 5. The number of para-hydroxylation sites is 1. The molecule has 30 heavy (non-hydrogen) atoms. The van der Waals surface area contributed by atoms with Crippen LogP contribution in [0.1, 0.15) is 32.8 Å². The summed E-state index contributed by atoms with van der Waals surface area (Å²) < 4.78 is 10.9. The van der Waals surface area contributed by atoms with Gasteiger partial charge in [-0.15, -0.1) is 0 Å². The smallest absolute Gasteiger partial charge is 0.410 e. The number of carboxylic acids is 1. The Morgan fingerprint density at radius 2 is 1.87 bits per heavy atom. The molecule has 1 unspecified atom stereocenters. The first-order chi connectivity index (χ1) is 14.1. The van der Waals surface area contributed by atoms with Gasteiger partial charge >= 0.3 is 12.1 Å². The maximum absolute atomic E-state index is 12.4. The molecule has 1 amide bonds. The topological polar surface area (TPSA) is 76.1 Å². The second-order valence-electron chi connectivity index (χ2n) is 8.81. The third-order valence-electron chi connectivity index (χ3n) is 5.35. The summed E-state index contributed by atoms with van der Waals surface area (Å²) in [5.41, 5.74) is 1.18. The summed E-state index contributed by atoms with van der Waals surface area (Å²) in [5.74, 6) is -0.129. The predicted molar refractivity (Wildman–Crippen MR) is 115 cm³/mol. The van der Waals surface area contributed by atoms with Crippen molar-refractivity contribution in [1.82, 2.24) is 4.90 Å². The Morgan fingerprint density at radius 3 is 2.53 bits per heavy atom. The molecule has 0 aliphatic carbocycles. The number of methoxy groups -OCH3 is 1. The number of hydrogen-bond donors (Lipinski definition) is 1. The first kappa shape index (κ1) is 21.7. The Labute approximate surface area is 177 Å². The van der Waals surface area contributed by atoms with E-state index in [4.69, 9.17) is 9.47 Å². The molecule has 1 atom stereocenters. The highest BCUT2D eigenvalue weighted by molar-refractivity contribution is 5.79. The highest BCUT2D eigenvalue weighted by atomic mass is 16.6. The third kappa shape index (κ3) is 4.75. The van der Waals surface area contributed by atoms with Gasteiger partial charge in [-0.2, -0.15) is 0 Å². The van der Waals surface area contributed by atoms with Gasteiger partial charge in [-0.05, 0) is 50.8 Å². The number of amides is 1. The minimum absolute atomic E-state index is 0.135. The Hall–Kier alpha value is -3.02. The molecular formula is C24H29NO5. The first-order valence-electron chi connectivity index (χ1n) is 10.1. The summed E-state index contributed by atoms with van der Waals surface area (Å²) in [6.45, 7) is 5.90. The van der Waals surface area contributed by atoms with Gasteiger partial charge in [0.05, 0.1) is 12.5 Å². The molecule has 1 saturated heterocycles. The number of aliphatic carboxylic acids is 1. The summed E-state index contributed by atoms with van der Waals surface area (Å²) in [6.07, 6.45) is 0.263. The zero-order valence-electron chi connectivity index (χ0n) is 18.0. The molecule has 1 heterocycles. The van der Waals surface area contributed by atoms with Gasteiger partial charge in [0.1, 0.15) is 11.4 Å². The third-order valence-corrected chi connectivity index (χ3v) is 5.35. The lowest BCUT2D eigenvalue weighted by molar-refractivity contribution is -0.148. The SMILES string of the molecule is COc1ccccc1-c1cccc(CC2(C(=O)O)CCN(C(=O)OC(C)(C)C)C2)c1. The second-order valence-corrected chi connectivity index (χ2v) is 8.81. The first-order valence-corrected chi connectivity index (χ1v) is 10.1.